The molecule has 4 aromatic rings. The predicted octanol–water partition coefficient (Wildman–Crippen LogP) is 8.34. The molecule has 0 fully saturated rings. The van der Waals surface area contributed by atoms with Crippen molar-refractivity contribution in [3.63, 3.8) is 0 Å². The summed E-state index contributed by atoms with van der Waals surface area (Å²) in [5, 5.41) is 5.78. The van der Waals surface area contributed by atoms with Crippen molar-refractivity contribution in [3.8, 4) is 23.0 Å². The molecular weight excluding hydrogens is 516 g/mol. The number of unbranched alkanes of at least 4 members (excludes halogenated alkanes) is 2. The number of rotatable bonds is 14. The van der Waals surface area contributed by atoms with E-state index < -0.39 is 0 Å². The van der Waals surface area contributed by atoms with Gasteiger partial charge in [-0.05, 0) is 110 Å². The van der Waals surface area contributed by atoms with E-state index in [1.165, 1.54) is 0 Å². The van der Waals surface area contributed by atoms with Gasteiger partial charge < -0.3 is 24.8 Å². The summed E-state index contributed by atoms with van der Waals surface area (Å²) in [7, 11) is 0. The third-order valence-electron chi connectivity index (χ3n) is 6.23. The van der Waals surface area contributed by atoms with Gasteiger partial charge in [0.2, 0.25) is 0 Å². The molecule has 41 heavy (non-hydrogen) atoms. The standard InChI is InChI=1S/C34H36N2O5/c1-3-5-23-39-29-19-11-27(12-20-29)35-33(37)25-7-15-31(16-8-25)41-32-17-9-26(10-18-32)34(38)36-28-13-21-30(22-14-28)40-24-6-4-2/h7-22H,3-6,23-24H2,1-2H3,(H,35,37)(H,36,38). The Hall–Kier alpha value is -4.78. The first-order chi connectivity index (χ1) is 20.0. The molecule has 0 saturated carbocycles. The first-order valence-electron chi connectivity index (χ1n) is 14.0. The second-order valence-electron chi connectivity index (χ2n) is 9.51. The average Bonchev–Trinajstić information content (AvgIpc) is 3.00. The van der Waals surface area contributed by atoms with E-state index in [0.29, 0.717) is 47.2 Å². The van der Waals surface area contributed by atoms with Crippen LogP contribution >= 0.6 is 0 Å². The molecule has 2 N–H and O–H groups in total. The van der Waals surface area contributed by atoms with Crippen molar-refractivity contribution < 1.29 is 23.8 Å². The average molecular weight is 553 g/mol. The Bertz CT molecular complexity index is 1270. The van der Waals surface area contributed by atoms with Gasteiger partial charge in [0.25, 0.3) is 11.8 Å². The summed E-state index contributed by atoms with van der Waals surface area (Å²) in [6.45, 7) is 5.60. The van der Waals surface area contributed by atoms with Crippen molar-refractivity contribution >= 4 is 23.2 Å². The van der Waals surface area contributed by atoms with E-state index in [9.17, 15) is 9.59 Å². The summed E-state index contributed by atoms with van der Waals surface area (Å²) in [5.74, 6) is 2.28. The van der Waals surface area contributed by atoms with Crippen LogP contribution in [0.5, 0.6) is 23.0 Å². The lowest BCUT2D eigenvalue weighted by atomic mass is 10.2. The van der Waals surface area contributed by atoms with Crippen LogP contribution in [0.25, 0.3) is 0 Å². The van der Waals surface area contributed by atoms with E-state index in [0.717, 1.165) is 37.2 Å². The fourth-order valence-corrected chi connectivity index (χ4v) is 3.83. The molecule has 212 valence electrons. The Morgan fingerprint density at radius 1 is 0.512 bits per heavy atom. The third-order valence-corrected chi connectivity index (χ3v) is 6.23. The number of nitrogens with one attached hydrogen (secondary N) is 2. The molecule has 4 aromatic carbocycles. The van der Waals surface area contributed by atoms with Crippen molar-refractivity contribution in [1.82, 2.24) is 0 Å². The van der Waals surface area contributed by atoms with Gasteiger partial charge in [0.1, 0.15) is 23.0 Å². The molecule has 0 bridgehead atoms. The van der Waals surface area contributed by atoms with Crippen LogP contribution in [0.4, 0.5) is 11.4 Å². The van der Waals surface area contributed by atoms with Crippen molar-refractivity contribution in [1.29, 1.82) is 0 Å². The van der Waals surface area contributed by atoms with Gasteiger partial charge in [0.15, 0.2) is 0 Å². The van der Waals surface area contributed by atoms with Gasteiger partial charge >= 0.3 is 0 Å². The van der Waals surface area contributed by atoms with E-state index in [4.69, 9.17) is 14.2 Å². The van der Waals surface area contributed by atoms with Crippen LogP contribution in [-0.4, -0.2) is 25.0 Å². The van der Waals surface area contributed by atoms with E-state index in [-0.39, 0.29) is 11.8 Å². The zero-order chi connectivity index (χ0) is 28.9. The zero-order valence-electron chi connectivity index (χ0n) is 23.5. The Balaban J connectivity index is 1.26. The largest absolute Gasteiger partial charge is 0.494 e. The molecule has 0 aliphatic carbocycles. The highest BCUT2D eigenvalue weighted by atomic mass is 16.5. The second kappa shape index (κ2) is 15.1. The molecule has 0 unspecified atom stereocenters. The molecule has 0 spiro atoms. The number of benzene rings is 4. The van der Waals surface area contributed by atoms with E-state index in [1.54, 1.807) is 48.5 Å². The number of hydrogen-bond donors (Lipinski definition) is 2. The summed E-state index contributed by atoms with van der Waals surface area (Å²) in [6.07, 6.45) is 4.17. The third kappa shape index (κ3) is 9.14. The lowest BCUT2D eigenvalue weighted by Gasteiger charge is -2.10. The highest BCUT2D eigenvalue weighted by molar-refractivity contribution is 6.05. The molecule has 0 aromatic heterocycles. The molecule has 2 amide bonds. The van der Waals surface area contributed by atoms with E-state index in [1.807, 2.05) is 48.5 Å². The van der Waals surface area contributed by atoms with Crippen molar-refractivity contribution in [2.24, 2.45) is 0 Å². The first-order valence-corrected chi connectivity index (χ1v) is 14.0. The SMILES string of the molecule is CCCCOc1ccc(NC(=O)c2ccc(Oc3ccc(C(=O)Nc4ccc(OCCCC)cc4)cc3)cc2)cc1. The monoisotopic (exact) mass is 552 g/mol. The highest BCUT2D eigenvalue weighted by Gasteiger charge is 2.09. The van der Waals surface area contributed by atoms with Crippen LogP contribution in [0.15, 0.2) is 97.1 Å². The molecule has 7 heteroatoms. The molecule has 7 nitrogen and oxygen atoms in total. The lowest BCUT2D eigenvalue weighted by Crippen LogP contribution is -2.11. The number of ether oxygens (including phenoxy) is 3. The minimum Gasteiger partial charge on any atom is -0.494 e. The van der Waals surface area contributed by atoms with Gasteiger partial charge in [-0.1, -0.05) is 26.7 Å². The molecule has 0 atom stereocenters. The topological polar surface area (TPSA) is 85.9 Å². The van der Waals surface area contributed by atoms with Gasteiger partial charge in [-0.2, -0.15) is 0 Å². The van der Waals surface area contributed by atoms with Crippen LogP contribution in [-0.2, 0) is 0 Å². The van der Waals surface area contributed by atoms with Crippen LogP contribution in [0, 0.1) is 0 Å². The smallest absolute Gasteiger partial charge is 0.255 e. The first kappa shape index (κ1) is 29.2. The fraction of sp³-hybridized carbons (Fsp3) is 0.235. The Kier molecular flexibility index (Phi) is 10.8. The lowest BCUT2D eigenvalue weighted by molar-refractivity contribution is 0.101. The quantitative estimate of drug-likeness (QED) is 0.154. The summed E-state index contributed by atoms with van der Waals surface area (Å²) in [5.41, 5.74) is 2.40. The molecule has 4 rings (SSSR count). The predicted molar refractivity (Wildman–Crippen MR) is 163 cm³/mol. The van der Waals surface area contributed by atoms with Crippen molar-refractivity contribution in [2.75, 3.05) is 23.8 Å². The summed E-state index contributed by atoms with van der Waals surface area (Å²) < 4.78 is 17.2. The summed E-state index contributed by atoms with van der Waals surface area (Å²) in [6, 6.07) is 28.4. The molecule has 0 saturated heterocycles. The van der Waals surface area contributed by atoms with Gasteiger partial charge in [0.05, 0.1) is 13.2 Å². The summed E-state index contributed by atoms with van der Waals surface area (Å²) in [4.78, 5) is 25.3. The molecule has 0 radical (unpaired) electrons. The minimum absolute atomic E-state index is 0.217. The van der Waals surface area contributed by atoms with Crippen LogP contribution in [0.2, 0.25) is 0 Å². The zero-order valence-corrected chi connectivity index (χ0v) is 23.5. The number of amides is 2. The Labute approximate surface area is 241 Å². The number of anilines is 2. The fourth-order valence-electron chi connectivity index (χ4n) is 3.83. The molecule has 0 aliphatic heterocycles. The maximum Gasteiger partial charge on any atom is 0.255 e. The van der Waals surface area contributed by atoms with Crippen molar-refractivity contribution in [2.45, 2.75) is 39.5 Å². The number of carbonyl (C=O) groups excluding carboxylic acids is 2. The van der Waals surface area contributed by atoms with Crippen LogP contribution < -0.4 is 24.8 Å². The number of carbonyl (C=O) groups is 2. The summed E-state index contributed by atoms with van der Waals surface area (Å²) >= 11 is 0. The maximum atomic E-state index is 12.7. The second-order valence-corrected chi connectivity index (χ2v) is 9.51. The van der Waals surface area contributed by atoms with E-state index in [2.05, 4.69) is 24.5 Å². The van der Waals surface area contributed by atoms with Gasteiger partial charge in [0, 0.05) is 22.5 Å². The molecule has 0 aliphatic rings. The molecular formula is C34H36N2O5. The van der Waals surface area contributed by atoms with Crippen molar-refractivity contribution in [3.05, 3.63) is 108 Å². The number of hydrogen-bond acceptors (Lipinski definition) is 5. The highest BCUT2D eigenvalue weighted by Crippen LogP contribution is 2.24. The van der Waals surface area contributed by atoms with Gasteiger partial charge in [-0.3, -0.25) is 9.59 Å². The minimum atomic E-state index is -0.217. The Morgan fingerprint density at radius 2 is 0.854 bits per heavy atom. The normalized spacial score (nSPS) is 10.5. The maximum absolute atomic E-state index is 12.7. The van der Waals surface area contributed by atoms with Crippen LogP contribution in [0.1, 0.15) is 60.2 Å². The van der Waals surface area contributed by atoms with Gasteiger partial charge in [-0.25, -0.2) is 0 Å². The Morgan fingerprint density at radius 3 is 1.20 bits per heavy atom. The van der Waals surface area contributed by atoms with Gasteiger partial charge in [-0.15, -0.1) is 0 Å². The molecule has 0 heterocycles. The van der Waals surface area contributed by atoms with E-state index >= 15 is 0 Å². The van der Waals surface area contributed by atoms with Crippen LogP contribution in [0.3, 0.4) is 0 Å².